The van der Waals surface area contributed by atoms with Crippen molar-refractivity contribution < 1.29 is 79.9 Å². The van der Waals surface area contributed by atoms with Crippen LogP contribution in [0.5, 0.6) is 11.5 Å². The molecule has 0 spiro atoms. The third-order valence-corrected chi connectivity index (χ3v) is 15.4. The van der Waals surface area contributed by atoms with Crippen LogP contribution < -0.4 is 9.47 Å². The topological polar surface area (TPSA) is 295 Å². The predicted octanol–water partition coefficient (Wildman–Crippen LogP) is 6.51. The summed E-state index contributed by atoms with van der Waals surface area (Å²) in [5, 5.41) is 18.4. The number of carboxylic acids is 1. The van der Waals surface area contributed by atoms with Crippen molar-refractivity contribution in [3.8, 4) is 46.8 Å². The summed E-state index contributed by atoms with van der Waals surface area (Å²) >= 11 is 0. The second-order valence-corrected chi connectivity index (χ2v) is 22.8. The smallest absolute Gasteiger partial charge is 0.342 e. The molecule has 4 atom stereocenters. The van der Waals surface area contributed by atoms with Crippen molar-refractivity contribution in [3.63, 3.8) is 0 Å². The fourth-order valence-corrected chi connectivity index (χ4v) is 11.8. The van der Waals surface area contributed by atoms with Crippen molar-refractivity contribution in [2.24, 2.45) is 0 Å². The van der Waals surface area contributed by atoms with E-state index in [0.29, 0.717) is 58.8 Å². The number of methoxy groups -OCH3 is 2. The summed E-state index contributed by atoms with van der Waals surface area (Å²) in [7, 11) is -12.1. The summed E-state index contributed by atoms with van der Waals surface area (Å²) in [5.74, 6) is 13.0. The van der Waals surface area contributed by atoms with Crippen LogP contribution in [0, 0.1) is 23.7 Å². The van der Waals surface area contributed by atoms with Gasteiger partial charge in [-0.05, 0) is 64.8 Å². The van der Waals surface area contributed by atoms with Crippen LogP contribution in [0.1, 0.15) is 81.5 Å². The highest BCUT2D eigenvalue weighted by molar-refractivity contribution is 7.53. The van der Waals surface area contributed by atoms with Gasteiger partial charge in [0.25, 0.3) is 0 Å². The predicted molar refractivity (Wildman–Crippen MR) is 274 cm³/mol. The highest BCUT2D eigenvalue weighted by atomic mass is 31.2. The molecule has 24 nitrogen and oxygen atoms in total. The number of rotatable bonds is 34. The molecule has 4 aromatic rings. The monoisotopic (exact) mass is 1110 g/mol. The van der Waals surface area contributed by atoms with Gasteiger partial charge < -0.3 is 56.8 Å². The molecule has 0 aliphatic carbocycles. The Hall–Kier alpha value is -4.54. The molecule has 0 aliphatic heterocycles. The van der Waals surface area contributed by atoms with Gasteiger partial charge >= 0.3 is 28.8 Å². The first-order chi connectivity index (χ1) is 35.3. The zero-order valence-electron chi connectivity index (χ0n) is 42.4. The minimum absolute atomic E-state index is 0.0122. The molecule has 0 fully saturated rings. The van der Waals surface area contributed by atoms with E-state index in [1.165, 1.54) is 19.2 Å². The van der Waals surface area contributed by atoms with Gasteiger partial charge in [0.1, 0.15) is 43.6 Å². The van der Waals surface area contributed by atoms with Crippen LogP contribution in [-0.4, -0.2) is 152 Å². The molecule has 4 rings (SSSR count). The van der Waals surface area contributed by atoms with Gasteiger partial charge in [0.05, 0.1) is 68.4 Å². The van der Waals surface area contributed by atoms with E-state index in [1.54, 1.807) is 90.7 Å². The highest BCUT2D eigenvalue weighted by Crippen LogP contribution is 2.48. The number of carbonyl (C=O) groups is 1. The Kier molecular flexibility index (Phi) is 26.4. The molecule has 0 amide bonds. The summed E-state index contributed by atoms with van der Waals surface area (Å²) in [4.78, 5) is 50.1. The van der Waals surface area contributed by atoms with Crippen LogP contribution in [0.15, 0.2) is 48.8 Å². The van der Waals surface area contributed by atoms with Crippen molar-refractivity contribution in [1.29, 1.82) is 0 Å². The lowest BCUT2D eigenvalue weighted by molar-refractivity contribution is -0.137. The van der Waals surface area contributed by atoms with E-state index in [4.69, 9.17) is 52.2 Å². The van der Waals surface area contributed by atoms with Crippen molar-refractivity contribution >= 4 is 36.8 Å². The van der Waals surface area contributed by atoms with Gasteiger partial charge in [-0.2, -0.15) is 10.2 Å². The number of pyridine rings is 1. The Bertz CT molecular complexity index is 2710. The van der Waals surface area contributed by atoms with Gasteiger partial charge in [-0.1, -0.05) is 23.7 Å². The number of carboxylic acid groups (broad SMARTS) is 1. The Morgan fingerprint density at radius 3 is 1.64 bits per heavy atom. The van der Waals surface area contributed by atoms with Crippen LogP contribution in [0.25, 0.3) is 11.6 Å². The first kappa shape index (κ1) is 62.0. The normalized spacial score (nSPS) is 14.3. The first-order valence-electron chi connectivity index (χ1n) is 23.6. The van der Waals surface area contributed by atoms with E-state index in [9.17, 15) is 37.7 Å². The van der Waals surface area contributed by atoms with Crippen molar-refractivity contribution in [3.05, 3.63) is 76.9 Å². The second kappa shape index (κ2) is 31.5. The number of benzene rings is 1. The summed E-state index contributed by atoms with van der Waals surface area (Å²) in [5.41, 5.74) is 2.07. The summed E-state index contributed by atoms with van der Waals surface area (Å²) in [6.07, 6.45) is 2.99. The maximum atomic E-state index is 12.9. The lowest BCUT2D eigenvalue weighted by Crippen LogP contribution is -2.27. The third kappa shape index (κ3) is 22.4. The molecule has 0 bridgehead atoms. The van der Waals surface area contributed by atoms with Gasteiger partial charge in [0.15, 0.2) is 11.6 Å². The van der Waals surface area contributed by atoms with E-state index >= 15 is 0 Å². The van der Waals surface area contributed by atoms with E-state index in [-0.39, 0.29) is 90.3 Å². The Morgan fingerprint density at radius 2 is 1.16 bits per heavy atom. The molecule has 3 heterocycles. The van der Waals surface area contributed by atoms with Crippen LogP contribution in [-0.2, 0) is 63.7 Å². The molecule has 74 heavy (non-hydrogen) atoms. The summed E-state index contributed by atoms with van der Waals surface area (Å²) in [6.45, 7) is 7.15. The van der Waals surface area contributed by atoms with Crippen molar-refractivity contribution in [2.45, 2.75) is 66.5 Å². The average Bonchev–Trinajstić information content (AvgIpc) is 3.99. The van der Waals surface area contributed by atoms with E-state index in [2.05, 4.69) is 28.8 Å². The Labute approximate surface area is 432 Å². The molecular formula is C46H67N7O17P4. The first-order valence-corrected chi connectivity index (χ1v) is 30.4. The maximum Gasteiger partial charge on any atom is 0.342 e. The molecule has 0 aliphatic rings. The minimum atomic E-state index is -4.23. The van der Waals surface area contributed by atoms with Crippen LogP contribution in [0.4, 0.5) is 0 Å². The molecule has 4 N–H and O–H groups in total. The van der Waals surface area contributed by atoms with Gasteiger partial charge in [0.2, 0.25) is 8.03 Å². The molecule has 4 unspecified atom stereocenters. The van der Waals surface area contributed by atoms with Gasteiger partial charge in [-0.15, -0.1) is 0 Å². The SMILES string of the molecule is CCO[PH](=O)CN(Cc1ccn(-c2cc(C#Cc3cc(OCCOC)c(C#CCCCCC(=O)O)cc3OCCOC)cc(-n3ccc(CN(CP(=O)(O)OCC)CP(=O)(O)OCC)n3)n2)n1)CP(=O)(O)OCC. The molecule has 0 radical (unpaired) electrons. The molecular weight excluding hydrogens is 1050 g/mol. The van der Waals surface area contributed by atoms with Gasteiger partial charge in [0, 0.05) is 70.2 Å². The largest absolute Gasteiger partial charge is 0.490 e. The zero-order valence-corrected chi connectivity index (χ0v) is 46.1. The standard InChI is InChI=1S/C46H67N7O17P4/c1-7-67-71(56)33-50(34-72(57,58)68-8-2)31-40-19-21-52(48-40)44-27-37(28-45(47-44)53-22-20-41(49-53)32-51(35-73(59,60)69-9-3)36-74(61,62)70-10-4)17-18-39-30-42(65-25-23-63-5)38(29-43(39)66-26-24-64-6)15-13-11-12-14-16-46(54)55/h19-22,27-30,71H,7-12,14,16,23-26,31-36H2,1-6H3,(H,54,55)(H,57,58)(H,59,60)(H,61,62). The summed E-state index contributed by atoms with van der Waals surface area (Å²) < 4.78 is 97.4. The van der Waals surface area contributed by atoms with Gasteiger partial charge in [-0.3, -0.25) is 32.9 Å². The number of nitrogens with zero attached hydrogens (tertiary/aromatic N) is 7. The lowest BCUT2D eigenvalue weighted by atomic mass is 10.1. The highest BCUT2D eigenvalue weighted by Gasteiger charge is 2.31. The number of ether oxygens (including phenoxy) is 4. The Balaban J connectivity index is 1.85. The number of unbranched alkanes of at least 4 members (excludes halogenated alkanes) is 2. The molecule has 408 valence electrons. The average molecular weight is 1110 g/mol. The van der Waals surface area contributed by atoms with E-state index < -0.39 is 55.6 Å². The number of hydrogen-bond acceptors (Lipinski definition) is 18. The van der Waals surface area contributed by atoms with E-state index in [1.807, 2.05) is 0 Å². The minimum Gasteiger partial charge on any atom is -0.490 e. The number of aliphatic carboxylic acids is 1. The third-order valence-electron chi connectivity index (χ3n) is 9.79. The number of hydrogen-bond donors (Lipinski definition) is 4. The molecule has 0 saturated carbocycles. The van der Waals surface area contributed by atoms with Crippen molar-refractivity contribution in [2.75, 3.05) is 92.2 Å². The lowest BCUT2D eigenvalue weighted by Gasteiger charge is -2.25. The zero-order chi connectivity index (χ0) is 54.2. The van der Waals surface area contributed by atoms with Crippen molar-refractivity contribution in [1.82, 2.24) is 34.3 Å². The van der Waals surface area contributed by atoms with Crippen LogP contribution in [0.3, 0.4) is 0 Å². The van der Waals surface area contributed by atoms with E-state index in [0.717, 1.165) is 0 Å². The molecule has 0 saturated heterocycles. The summed E-state index contributed by atoms with van der Waals surface area (Å²) in [6, 6.07) is 9.98. The molecule has 1 aromatic carbocycles. The van der Waals surface area contributed by atoms with Crippen LogP contribution in [0.2, 0.25) is 0 Å². The quantitative estimate of drug-likeness (QED) is 0.0220. The Morgan fingerprint density at radius 1 is 0.676 bits per heavy atom. The fourth-order valence-electron chi connectivity index (χ4n) is 6.84. The van der Waals surface area contributed by atoms with Gasteiger partial charge in [-0.25, -0.2) is 14.3 Å². The fraction of sp³-hybridized carbons (Fsp3) is 0.522. The molecule has 28 heteroatoms. The maximum absolute atomic E-state index is 12.9. The number of aromatic nitrogens is 5. The van der Waals surface area contributed by atoms with Crippen LogP contribution >= 0.6 is 30.8 Å². The second-order valence-electron chi connectivity index (χ2n) is 16.0. The molecule has 3 aromatic heterocycles.